The highest BCUT2D eigenvalue weighted by Gasteiger charge is 2.24. The zero-order valence-corrected chi connectivity index (χ0v) is 11.4. The molecule has 1 saturated carbocycles. The molecule has 3 aromatic rings. The number of hydrogen-bond acceptors (Lipinski definition) is 4. The number of rotatable bonds is 4. The summed E-state index contributed by atoms with van der Waals surface area (Å²) in [5, 5.41) is 14.8. The van der Waals surface area contributed by atoms with E-state index in [9.17, 15) is 5.11 Å². The third kappa shape index (κ3) is 2.36. The normalized spacial score (nSPS) is 16.0. The second-order valence-electron chi connectivity index (χ2n) is 5.30. The van der Waals surface area contributed by atoms with Crippen LogP contribution >= 0.6 is 0 Å². The van der Waals surface area contributed by atoms with Crippen molar-refractivity contribution in [3.8, 4) is 5.75 Å². The Hall–Kier alpha value is -2.40. The van der Waals surface area contributed by atoms with Gasteiger partial charge in [-0.15, -0.1) is 0 Å². The topological polar surface area (TPSA) is 59.7 Å². The van der Waals surface area contributed by atoms with Crippen LogP contribution in [0.4, 0.5) is 0 Å². The smallest absolute Gasteiger partial charge is 0.120 e. The monoisotopic (exact) mass is 281 g/mol. The number of hydrogen-bond donors (Lipinski definition) is 1. The Morgan fingerprint density at radius 1 is 1.29 bits per heavy atom. The second kappa shape index (κ2) is 4.86. The first-order valence-electron chi connectivity index (χ1n) is 7.03. The van der Waals surface area contributed by atoms with Gasteiger partial charge >= 0.3 is 0 Å². The molecule has 106 valence electrons. The van der Waals surface area contributed by atoms with Gasteiger partial charge in [-0.25, -0.2) is 4.52 Å². The summed E-state index contributed by atoms with van der Waals surface area (Å²) in [7, 11) is 0. The van der Waals surface area contributed by atoms with Crippen molar-refractivity contribution in [3.05, 3.63) is 60.2 Å². The molecule has 0 spiro atoms. The van der Waals surface area contributed by atoms with Crippen LogP contribution in [0.15, 0.2) is 49.1 Å². The first-order valence-corrected chi connectivity index (χ1v) is 7.03. The van der Waals surface area contributed by atoms with Gasteiger partial charge < -0.3 is 9.84 Å². The molecule has 1 atom stereocenters. The summed E-state index contributed by atoms with van der Waals surface area (Å²) < 4.78 is 7.48. The molecular formula is C16H15N3O2. The zero-order chi connectivity index (χ0) is 14.2. The van der Waals surface area contributed by atoms with Gasteiger partial charge in [-0.2, -0.15) is 5.10 Å². The predicted molar refractivity (Wildman–Crippen MR) is 77.1 cm³/mol. The highest BCUT2D eigenvalue weighted by molar-refractivity contribution is 5.55. The molecule has 0 radical (unpaired) electrons. The van der Waals surface area contributed by atoms with Crippen molar-refractivity contribution in [3.63, 3.8) is 0 Å². The van der Waals surface area contributed by atoms with Gasteiger partial charge in [-0.1, -0.05) is 12.1 Å². The molecule has 5 heteroatoms. The van der Waals surface area contributed by atoms with Crippen molar-refractivity contribution >= 4 is 5.52 Å². The molecule has 1 aliphatic carbocycles. The van der Waals surface area contributed by atoms with Gasteiger partial charge in [0, 0.05) is 18.0 Å². The van der Waals surface area contributed by atoms with Crippen molar-refractivity contribution in [2.45, 2.75) is 25.0 Å². The van der Waals surface area contributed by atoms with Gasteiger partial charge in [-0.05, 0) is 30.5 Å². The van der Waals surface area contributed by atoms with Gasteiger partial charge in [0.2, 0.25) is 0 Å². The Balaban J connectivity index is 1.68. The van der Waals surface area contributed by atoms with Gasteiger partial charge in [0.15, 0.2) is 0 Å². The first-order chi connectivity index (χ1) is 10.3. The summed E-state index contributed by atoms with van der Waals surface area (Å²) in [5.74, 6) is 0.809. The van der Waals surface area contributed by atoms with E-state index in [2.05, 4.69) is 10.1 Å². The van der Waals surface area contributed by atoms with Crippen molar-refractivity contribution < 1.29 is 9.84 Å². The molecule has 1 N–H and O–H groups in total. The van der Waals surface area contributed by atoms with Crippen LogP contribution in [-0.4, -0.2) is 25.8 Å². The molecule has 2 aromatic heterocycles. The van der Waals surface area contributed by atoms with Crippen molar-refractivity contribution in [2.75, 3.05) is 0 Å². The fourth-order valence-corrected chi connectivity index (χ4v) is 2.38. The summed E-state index contributed by atoms with van der Waals surface area (Å²) in [6.07, 6.45) is 8.65. The third-order valence-corrected chi connectivity index (χ3v) is 3.65. The van der Waals surface area contributed by atoms with Gasteiger partial charge in [0.25, 0.3) is 0 Å². The van der Waals surface area contributed by atoms with E-state index in [1.165, 1.54) is 0 Å². The number of ether oxygens (including phenoxy) is 1. The standard InChI is InChI=1S/C16H15N3O2/c20-16(14-9-18-19-7-6-17-10-15(14)19)11-2-1-3-13(8-11)21-12-4-5-12/h1-3,6-10,12,16,20H,4-5H2. The number of fused-ring (bicyclic) bond motifs is 1. The molecule has 0 amide bonds. The van der Waals surface area contributed by atoms with E-state index in [1.54, 1.807) is 29.3 Å². The predicted octanol–water partition coefficient (Wildman–Crippen LogP) is 2.35. The van der Waals surface area contributed by atoms with Crippen molar-refractivity contribution in [2.24, 2.45) is 0 Å². The van der Waals surface area contributed by atoms with E-state index < -0.39 is 6.10 Å². The average molecular weight is 281 g/mol. The van der Waals surface area contributed by atoms with Gasteiger partial charge in [0.1, 0.15) is 11.9 Å². The van der Waals surface area contributed by atoms with E-state index >= 15 is 0 Å². The minimum absolute atomic E-state index is 0.346. The maximum atomic E-state index is 10.6. The fourth-order valence-electron chi connectivity index (χ4n) is 2.38. The van der Waals surface area contributed by atoms with Crippen LogP contribution in [-0.2, 0) is 0 Å². The quantitative estimate of drug-likeness (QED) is 0.797. The summed E-state index contributed by atoms with van der Waals surface area (Å²) in [6.45, 7) is 0. The van der Waals surface area contributed by atoms with E-state index in [1.807, 2.05) is 24.3 Å². The lowest BCUT2D eigenvalue weighted by Crippen LogP contribution is -2.01. The average Bonchev–Trinajstić information content (AvgIpc) is 3.23. The van der Waals surface area contributed by atoms with Crippen LogP contribution in [0.2, 0.25) is 0 Å². The lowest BCUT2D eigenvalue weighted by molar-refractivity contribution is 0.220. The van der Waals surface area contributed by atoms with Crippen LogP contribution in [0.5, 0.6) is 5.75 Å². The Bertz CT molecular complexity index is 780. The van der Waals surface area contributed by atoms with E-state index in [0.29, 0.717) is 6.10 Å². The van der Waals surface area contributed by atoms with Crippen LogP contribution in [0.1, 0.15) is 30.1 Å². The van der Waals surface area contributed by atoms with Crippen LogP contribution < -0.4 is 4.74 Å². The summed E-state index contributed by atoms with van der Waals surface area (Å²) in [4.78, 5) is 4.09. The lowest BCUT2D eigenvalue weighted by atomic mass is 10.0. The maximum Gasteiger partial charge on any atom is 0.120 e. The third-order valence-electron chi connectivity index (χ3n) is 3.65. The maximum absolute atomic E-state index is 10.6. The first kappa shape index (κ1) is 12.3. The molecule has 4 rings (SSSR count). The Kier molecular flexibility index (Phi) is 2.86. The van der Waals surface area contributed by atoms with Gasteiger partial charge in [0.05, 0.1) is 24.0 Å². The largest absolute Gasteiger partial charge is 0.490 e. The second-order valence-corrected chi connectivity index (χ2v) is 5.30. The minimum atomic E-state index is -0.741. The zero-order valence-electron chi connectivity index (χ0n) is 11.4. The van der Waals surface area contributed by atoms with Crippen molar-refractivity contribution in [1.82, 2.24) is 14.6 Å². The molecule has 5 nitrogen and oxygen atoms in total. The SMILES string of the molecule is OC(c1cccc(OC2CC2)c1)c1cnn2ccncc12. The highest BCUT2D eigenvalue weighted by atomic mass is 16.5. The molecular weight excluding hydrogens is 266 g/mol. The van der Waals surface area contributed by atoms with Crippen molar-refractivity contribution in [1.29, 1.82) is 0 Å². The molecule has 1 fully saturated rings. The minimum Gasteiger partial charge on any atom is -0.490 e. The van der Waals surface area contributed by atoms with Crippen LogP contribution in [0.25, 0.3) is 5.52 Å². The molecule has 21 heavy (non-hydrogen) atoms. The van der Waals surface area contributed by atoms with E-state index in [0.717, 1.165) is 35.2 Å². The summed E-state index contributed by atoms with van der Waals surface area (Å²) in [5.41, 5.74) is 2.34. The number of aliphatic hydroxyl groups is 1. The van der Waals surface area contributed by atoms with Gasteiger partial charge in [-0.3, -0.25) is 4.98 Å². The lowest BCUT2D eigenvalue weighted by Gasteiger charge is -2.12. The molecule has 2 heterocycles. The fraction of sp³-hybridized carbons (Fsp3) is 0.250. The molecule has 0 bridgehead atoms. The number of aliphatic hydroxyl groups excluding tert-OH is 1. The number of aromatic nitrogens is 3. The Morgan fingerprint density at radius 2 is 2.19 bits per heavy atom. The summed E-state index contributed by atoms with van der Waals surface area (Å²) >= 11 is 0. The Labute approximate surface area is 121 Å². The highest BCUT2D eigenvalue weighted by Crippen LogP contribution is 2.30. The van der Waals surface area contributed by atoms with E-state index in [4.69, 9.17) is 4.74 Å². The molecule has 1 unspecified atom stereocenters. The molecule has 0 saturated heterocycles. The number of benzene rings is 1. The van der Waals surface area contributed by atoms with Crippen LogP contribution in [0, 0.1) is 0 Å². The number of nitrogens with zero attached hydrogens (tertiary/aromatic N) is 3. The molecule has 1 aromatic carbocycles. The molecule has 0 aliphatic heterocycles. The summed E-state index contributed by atoms with van der Waals surface area (Å²) in [6, 6.07) is 7.61. The van der Waals surface area contributed by atoms with Crippen LogP contribution in [0.3, 0.4) is 0 Å². The Morgan fingerprint density at radius 3 is 3.05 bits per heavy atom. The van der Waals surface area contributed by atoms with E-state index in [-0.39, 0.29) is 0 Å². The molecule has 1 aliphatic rings.